The molecule has 21 heavy (non-hydrogen) atoms. The van der Waals surface area contributed by atoms with Crippen molar-refractivity contribution in [2.75, 3.05) is 0 Å². The van der Waals surface area contributed by atoms with Crippen LogP contribution in [0, 0.1) is 0 Å². The van der Waals surface area contributed by atoms with Gasteiger partial charge in [0.15, 0.2) is 6.40 Å². The first kappa shape index (κ1) is 14.9. The van der Waals surface area contributed by atoms with E-state index in [0.29, 0.717) is 0 Å². The Bertz CT molecular complexity index is 628. The number of phenolic OH excluding ortho intramolecular Hbond substituents is 2. The molecule has 0 aliphatic rings. The number of benzene rings is 2. The van der Waals surface area contributed by atoms with Crippen molar-refractivity contribution in [1.29, 1.82) is 0 Å². The summed E-state index contributed by atoms with van der Waals surface area (Å²) in [6.07, 6.45) is 3.14. The average molecular weight is 285 g/mol. The van der Waals surface area contributed by atoms with Crippen LogP contribution in [0.3, 0.4) is 0 Å². The molecule has 0 spiro atoms. The molecule has 0 radical (unpaired) electrons. The van der Waals surface area contributed by atoms with Crippen molar-refractivity contribution in [1.82, 2.24) is 0 Å². The zero-order chi connectivity index (χ0) is 15.2. The van der Waals surface area contributed by atoms with Crippen LogP contribution in [0.2, 0.25) is 0 Å². The van der Waals surface area contributed by atoms with Crippen molar-refractivity contribution in [2.24, 2.45) is 4.99 Å². The minimum atomic E-state index is -0.00999. The van der Waals surface area contributed by atoms with Gasteiger partial charge in [-0.25, -0.2) is 4.99 Å². The van der Waals surface area contributed by atoms with Crippen LogP contribution in [0.1, 0.15) is 25.0 Å². The van der Waals surface area contributed by atoms with Gasteiger partial charge >= 0.3 is 0 Å². The van der Waals surface area contributed by atoms with Crippen LogP contribution in [0.4, 0.5) is 5.69 Å². The number of aryl methyl sites for hydroxylation is 2. The standard InChI is InChI=1S/C17H19NO3/c1-3-12-7-13(4-2)9-15(8-12)21-11-18-16-10-14(19)5-6-17(16)20/h5-11,19-20H,3-4H2,1-2H3. The number of aliphatic imine (C=N–C) groups is 1. The Hall–Kier alpha value is -2.49. The van der Waals surface area contributed by atoms with Gasteiger partial charge in [-0.3, -0.25) is 0 Å². The summed E-state index contributed by atoms with van der Waals surface area (Å²) in [6.45, 7) is 4.19. The van der Waals surface area contributed by atoms with Gasteiger partial charge in [-0.2, -0.15) is 0 Å². The highest BCUT2D eigenvalue weighted by molar-refractivity contribution is 5.64. The topological polar surface area (TPSA) is 62.0 Å². The Morgan fingerprint density at radius 1 is 1.00 bits per heavy atom. The fourth-order valence-electron chi connectivity index (χ4n) is 1.96. The predicted molar refractivity (Wildman–Crippen MR) is 83.7 cm³/mol. The molecule has 110 valence electrons. The molecule has 0 aromatic heterocycles. The smallest absolute Gasteiger partial charge is 0.181 e. The molecule has 2 rings (SSSR count). The molecule has 0 unspecified atom stereocenters. The van der Waals surface area contributed by atoms with Gasteiger partial charge in [0.2, 0.25) is 0 Å². The molecule has 0 bridgehead atoms. The highest BCUT2D eigenvalue weighted by Gasteiger charge is 2.01. The number of ether oxygens (including phenoxy) is 1. The van der Waals surface area contributed by atoms with Crippen molar-refractivity contribution in [3.8, 4) is 17.2 Å². The van der Waals surface area contributed by atoms with E-state index >= 15 is 0 Å². The first-order valence-electron chi connectivity index (χ1n) is 6.96. The lowest BCUT2D eigenvalue weighted by molar-refractivity contribution is 0.461. The Labute approximate surface area is 124 Å². The summed E-state index contributed by atoms with van der Waals surface area (Å²) in [5.41, 5.74) is 2.67. The molecular weight excluding hydrogens is 266 g/mol. The van der Waals surface area contributed by atoms with Gasteiger partial charge in [-0.05, 0) is 48.2 Å². The molecule has 0 aliphatic carbocycles. The number of hydrogen-bond acceptors (Lipinski definition) is 4. The van der Waals surface area contributed by atoms with Crippen LogP contribution >= 0.6 is 0 Å². The van der Waals surface area contributed by atoms with Crippen LogP contribution in [0.15, 0.2) is 41.4 Å². The fourth-order valence-corrected chi connectivity index (χ4v) is 1.96. The van der Waals surface area contributed by atoms with Gasteiger partial charge in [0, 0.05) is 6.07 Å². The summed E-state index contributed by atoms with van der Waals surface area (Å²) >= 11 is 0. The van der Waals surface area contributed by atoms with Gasteiger partial charge in [-0.15, -0.1) is 0 Å². The van der Waals surface area contributed by atoms with Gasteiger partial charge < -0.3 is 14.9 Å². The zero-order valence-corrected chi connectivity index (χ0v) is 12.2. The quantitative estimate of drug-likeness (QED) is 0.496. The van der Waals surface area contributed by atoms with Gasteiger partial charge in [0.25, 0.3) is 0 Å². The first-order valence-corrected chi connectivity index (χ1v) is 6.96. The van der Waals surface area contributed by atoms with Crippen LogP contribution in [0.25, 0.3) is 0 Å². The number of hydrogen-bond donors (Lipinski definition) is 2. The van der Waals surface area contributed by atoms with Crippen molar-refractivity contribution in [2.45, 2.75) is 26.7 Å². The van der Waals surface area contributed by atoms with E-state index in [0.717, 1.165) is 18.6 Å². The number of aromatic hydroxyl groups is 2. The highest BCUT2D eigenvalue weighted by atomic mass is 16.5. The molecule has 2 aromatic rings. The lowest BCUT2D eigenvalue weighted by atomic mass is 10.1. The predicted octanol–water partition coefficient (Wildman–Crippen LogP) is 3.96. The van der Waals surface area contributed by atoms with Crippen LogP contribution in [-0.2, 0) is 12.8 Å². The molecule has 0 saturated carbocycles. The van der Waals surface area contributed by atoms with Gasteiger partial charge in [-0.1, -0.05) is 19.9 Å². The van der Waals surface area contributed by atoms with Gasteiger partial charge in [0.05, 0.1) is 0 Å². The maximum Gasteiger partial charge on any atom is 0.181 e. The molecule has 2 aromatic carbocycles. The number of rotatable bonds is 5. The normalized spacial score (nSPS) is 11.0. The van der Waals surface area contributed by atoms with E-state index < -0.39 is 0 Å². The van der Waals surface area contributed by atoms with E-state index in [-0.39, 0.29) is 17.2 Å². The van der Waals surface area contributed by atoms with Gasteiger partial charge in [0.1, 0.15) is 22.9 Å². The van der Waals surface area contributed by atoms with E-state index in [4.69, 9.17) is 4.74 Å². The Kier molecular flexibility index (Phi) is 4.82. The molecule has 4 nitrogen and oxygen atoms in total. The minimum absolute atomic E-state index is 0.00999. The minimum Gasteiger partial charge on any atom is -0.508 e. The van der Waals surface area contributed by atoms with Crippen LogP contribution in [0.5, 0.6) is 17.2 Å². The third-order valence-corrected chi connectivity index (χ3v) is 3.18. The van der Waals surface area contributed by atoms with Crippen LogP contribution in [-0.4, -0.2) is 16.6 Å². The molecule has 2 N–H and O–H groups in total. The van der Waals surface area contributed by atoms with Crippen LogP contribution < -0.4 is 4.74 Å². The summed E-state index contributed by atoms with van der Waals surface area (Å²) < 4.78 is 5.51. The SMILES string of the molecule is CCc1cc(CC)cc(OC=Nc2cc(O)ccc2O)c1. The Morgan fingerprint density at radius 2 is 1.67 bits per heavy atom. The summed E-state index contributed by atoms with van der Waals surface area (Å²) in [5.74, 6) is 0.750. The monoisotopic (exact) mass is 285 g/mol. The Morgan fingerprint density at radius 3 is 2.29 bits per heavy atom. The molecule has 0 amide bonds. The van der Waals surface area contributed by atoms with Crippen molar-refractivity contribution in [3.05, 3.63) is 47.5 Å². The molecule has 0 aliphatic heterocycles. The molecular formula is C17H19NO3. The molecule has 0 heterocycles. The second kappa shape index (κ2) is 6.79. The average Bonchev–Trinajstić information content (AvgIpc) is 2.50. The zero-order valence-electron chi connectivity index (χ0n) is 12.2. The largest absolute Gasteiger partial charge is 0.508 e. The van der Waals surface area contributed by atoms with Crippen molar-refractivity contribution >= 4 is 12.1 Å². The fraction of sp³-hybridized carbons (Fsp3) is 0.235. The third-order valence-electron chi connectivity index (χ3n) is 3.18. The first-order chi connectivity index (χ1) is 10.1. The highest BCUT2D eigenvalue weighted by Crippen LogP contribution is 2.29. The van der Waals surface area contributed by atoms with Crippen molar-refractivity contribution < 1.29 is 14.9 Å². The van der Waals surface area contributed by atoms with E-state index in [1.807, 2.05) is 12.1 Å². The second-order valence-electron chi connectivity index (χ2n) is 4.72. The molecule has 0 fully saturated rings. The summed E-state index contributed by atoms with van der Waals surface area (Å²) in [5, 5.41) is 19.0. The van der Waals surface area contributed by atoms with E-state index in [1.165, 1.54) is 35.7 Å². The summed E-state index contributed by atoms with van der Waals surface area (Å²) in [6, 6.07) is 10.2. The summed E-state index contributed by atoms with van der Waals surface area (Å²) in [7, 11) is 0. The molecule has 0 saturated heterocycles. The van der Waals surface area contributed by atoms with E-state index in [1.54, 1.807) is 0 Å². The maximum atomic E-state index is 9.62. The maximum absolute atomic E-state index is 9.62. The molecule has 0 atom stereocenters. The molecule has 4 heteroatoms. The Balaban J connectivity index is 2.15. The summed E-state index contributed by atoms with van der Waals surface area (Å²) in [4.78, 5) is 4.02. The van der Waals surface area contributed by atoms with Crippen molar-refractivity contribution in [3.63, 3.8) is 0 Å². The lowest BCUT2D eigenvalue weighted by Gasteiger charge is -2.06. The number of phenols is 2. The number of nitrogens with zero attached hydrogens (tertiary/aromatic N) is 1. The third kappa shape index (κ3) is 3.99. The van der Waals surface area contributed by atoms with E-state index in [9.17, 15) is 10.2 Å². The second-order valence-corrected chi connectivity index (χ2v) is 4.72. The van der Waals surface area contributed by atoms with E-state index in [2.05, 4.69) is 24.9 Å². The lowest BCUT2D eigenvalue weighted by Crippen LogP contribution is -1.93.